The van der Waals surface area contributed by atoms with Crippen LogP contribution in [-0.4, -0.2) is 29.8 Å². The van der Waals surface area contributed by atoms with E-state index in [9.17, 15) is 4.79 Å². The van der Waals surface area contributed by atoms with E-state index in [0.717, 1.165) is 19.3 Å². The zero-order chi connectivity index (χ0) is 9.84. The van der Waals surface area contributed by atoms with Crippen molar-refractivity contribution in [3.8, 4) is 0 Å². The summed E-state index contributed by atoms with van der Waals surface area (Å²) in [6.45, 7) is 4.30. The van der Waals surface area contributed by atoms with Crippen LogP contribution < -0.4 is 0 Å². The molecule has 0 aromatic heterocycles. The molecular formula is C11H21NO. The van der Waals surface area contributed by atoms with Gasteiger partial charge in [0, 0.05) is 12.5 Å². The van der Waals surface area contributed by atoms with Gasteiger partial charge >= 0.3 is 0 Å². The van der Waals surface area contributed by atoms with Gasteiger partial charge < -0.3 is 0 Å². The van der Waals surface area contributed by atoms with E-state index in [1.165, 1.54) is 12.8 Å². The van der Waals surface area contributed by atoms with Gasteiger partial charge in [-0.2, -0.15) is 0 Å². The maximum Gasteiger partial charge on any atom is 0.149 e. The molecule has 1 aliphatic rings. The number of carbonyl (C=O) groups is 1. The third kappa shape index (κ3) is 2.80. The molecule has 1 rings (SSSR count). The average molecular weight is 183 g/mol. The number of hydrogen-bond donors (Lipinski definition) is 0. The van der Waals surface area contributed by atoms with Gasteiger partial charge in [-0.25, -0.2) is 0 Å². The van der Waals surface area contributed by atoms with Crippen molar-refractivity contribution in [3.63, 3.8) is 0 Å². The molecule has 1 aliphatic carbocycles. The average Bonchev–Trinajstić information content (AvgIpc) is 2.28. The van der Waals surface area contributed by atoms with Crippen LogP contribution in [0, 0.1) is 0 Å². The van der Waals surface area contributed by atoms with Gasteiger partial charge in [0.25, 0.3) is 0 Å². The summed E-state index contributed by atoms with van der Waals surface area (Å²) in [5.74, 6) is 0.453. The number of rotatable bonds is 2. The second kappa shape index (κ2) is 4.75. The van der Waals surface area contributed by atoms with E-state index in [1.807, 2.05) is 0 Å². The lowest BCUT2D eigenvalue weighted by molar-refractivity contribution is -0.124. The smallest absolute Gasteiger partial charge is 0.149 e. The molecule has 1 atom stereocenters. The minimum Gasteiger partial charge on any atom is -0.298 e. The highest BCUT2D eigenvalue weighted by atomic mass is 16.1. The van der Waals surface area contributed by atoms with Crippen LogP contribution in [0.3, 0.4) is 0 Å². The van der Waals surface area contributed by atoms with Crippen LogP contribution in [0.2, 0.25) is 0 Å². The topological polar surface area (TPSA) is 20.3 Å². The highest BCUT2D eigenvalue weighted by Crippen LogP contribution is 2.19. The van der Waals surface area contributed by atoms with Crippen molar-refractivity contribution in [1.29, 1.82) is 0 Å². The number of nitrogens with zero attached hydrogens (tertiary/aromatic N) is 1. The quantitative estimate of drug-likeness (QED) is 0.612. The lowest BCUT2D eigenvalue weighted by Crippen LogP contribution is -2.41. The van der Waals surface area contributed by atoms with Crippen molar-refractivity contribution >= 4 is 5.78 Å². The van der Waals surface area contributed by atoms with Crippen LogP contribution in [0.15, 0.2) is 0 Å². The predicted octanol–water partition coefficient (Wildman–Crippen LogP) is 2.23. The van der Waals surface area contributed by atoms with Gasteiger partial charge in [-0.1, -0.05) is 12.8 Å². The molecule has 0 spiro atoms. The molecule has 1 fully saturated rings. The number of carbonyl (C=O) groups excluding carboxylic acids is 1. The van der Waals surface area contributed by atoms with Crippen molar-refractivity contribution < 1.29 is 4.79 Å². The van der Waals surface area contributed by atoms with Crippen LogP contribution in [0.1, 0.15) is 46.0 Å². The second-order valence-corrected chi connectivity index (χ2v) is 4.34. The first-order valence-electron chi connectivity index (χ1n) is 5.37. The summed E-state index contributed by atoms with van der Waals surface area (Å²) in [6.07, 6.45) is 5.40. The summed E-state index contributed by atoms with van der Waals surface area (Å²) in [7, 11) is 2.07. The van der Waals surface area contributed by atoms with Crippen LogP contribution in [0.5, 0.6) is 0 Å². The monoisotopic (exact) mass is 183 g/mol. The Hall–Kier alpha value is -0.370. The molecule has 0 saturated heterocycles. The minimum absolute atomic E-state index is 0.197. The summed E-state index contributed by atoms with van der Waals surface area (Å²) in [5.41, 5.74) is 0. The SMILES string of the molecule is CC(C)N(C)C1CCCCCC1=O. The molecule has 2 nitrogen and oxygen atoms in total. The van der Waals surface area contributed by atoms with Crippen molar-refractivity contribution in [2.75, 3.05) is 7.05 Å². The molecule has 1 unspecified atom stereocenters. The normalized spacial score (nSPS) is 25.3. The number of ketones is 1. The van der Waals surface area contributed by atoms with E-state index in [4.69, 9.17) is 0 Å². The first-order chi connectivity index (χ1) is 6.13. The van der Waals surface area contributed by atoms with Crippen LogP contribution in [-0.2, 0) is 4.79 Å². The number of likely N-dealkylation sites (N-methyl/N-ethyl adjacent to an activating group) is 1. The maximum atomic E-state index is 11.7. The molecule has 0 aromatic rings. The van der Waals surface area contributed by atoms with Gasteiger partial charge in [-0.15, -0.1) is 0 Å². The standard InChI is InChI=1S/C11H21NO/c1-9(2)12(3)10-7-5-4-6-8-11(10)13/h9-10H,4-8H2,1-3H3. The molecule has 0 amide bonds. The molecule has 2 heteroatoms. The molecule has 0 aliphatic heterocycles. The first-order valence-corrected chi connectivity index (χ1v) is 5.37. The minimum atomic E-state index is 0.197. The maximum absolute atomic E-state index is 11.7. The van der Waals surface area contributed by atoms with E-state index in [1.54, 1.807) is 0 Å². The Balaban J connectivity index is 2.58. The third-order valence-electron chi connectivity index (χ3n) is 3.08. The summed E-state index contributed by atoms with van der Waals surface area (Å²) in [5, 5.41) is 0. The molecule has 1 saturated carbocycles. The molecule has 76 valence electrons. The summed E-state index contributed by atoms with van der Waals surface area (Å²) in [4.78, 5) is 13.9. The zero-order valence-corrected chi connectivity index (χ0v) is 9.05. The van der Waals surface area contributed by atoms with Crippen LogP contribution in [0.25, 0.3) is 0 Å². The Kier molecular flexibility index (Phi) is 3.91. The van der Waals surface area contributed by atoms with Gasteiger partial charge in [0.1, 0.15) is 5.78 Å². The van der Waals surface area contributed by atoms with E-state index < -0.39 is 0 Å². The number of hydrogen-bond acceptors (Lipinski definition) is 2. The first kappa shape index (κ1) is 10.7. The van der Waals surface area contributed by atoms with Crippen molar-refractivity contribution in [2.24, 2.45) is 0 Å². The molecular weight excluding hydrogens is 162 g/mol. The lowest BCUT2D eigenvalue weighted by Gasteiger charge is -2.29. The summed E-state index contributed by atoms with van der Waals surface area (Å²) in [6, 6.07) is 0.676. The van der Waals surface area contributed by atoms with Crippen LogP contribution >= 0.6 is 0 Å². The Morgan fingerprint density at radius 2 is 2.00 bits per heavy atom. The third-order valence-corrected chi connectivity index (χ3v) is 3.08. The molecule has 13 heavy (non-hydrogen) atoms. The highest BCUT2D eigenvalue weighted by molar-refractivity contribution is 5.84. The van der Waals surface area contributed by atoms with Crippen molar-refractivity contribution in [3.05, 3.63) is 0 Å². The molecule has 0 bridgehead atoms. The van der Waals surface area contributed by atoms with Gasteiger partial charge in [-0.05, 0) is 33.7 Å². The Labute approximate surface area is 81.3 Å². The van der Waals surface area contributed by atoms with E-state index in [0.29, 0.717) is 11.8 Å². The van der Waals surface area contributed by atoms with Gasteiger partial charge in [0.2, 0.25) is 0 Å². The number of Topliss-reactive ketones (excluding diaryl/α,β-unsaturated/α-hetero) is 1. The van der Waals surface area contributed by atoms with E-state index >= 15 is 0 Å². The largest absolute Gasteiger partial charge is 0.298 e. The summed E-state index contributed by atoms with van der Waals surface area (Å²) < 4.78 is 0. The molecule has 0 N–H and O–H groups in total. The van der Waals surface area contributed by atoms with Gasteiger partial charge in [-0.3, -0.25) is 9.69 Å². The highest BCUT2D eigenvalue weighted by Gasteiger charge is 2.25. The predicted molar refractivity (Wildman–Crippen MR) is 54.8 cm³/mol. The summed E-state index contributed by atoms with van der Waals surface area (Å²) >= 11 is 0. The van der Waals surface area contributed by atoms with Gasteiger partial charge in [0.05, 0.1) is 6.04 Å². The van der Waals surface area contributed by atoms with Crippen molar-refractivity contribution in [1.82, 2.24) is 4.90 Å². The Morgan fingerprint density at radius 1 is 1.31 bits per heavy atom. The van der Waals surface area contributed by atoms with E-state index in [2.05, 4.69) is 25.8 Å². The Bertz CT molecular complexity index is 177. The lowest BCUT2D eigenvalue weighted by atomic mass is 10.1. The molecule has 0 aromatic carbocycles. The fraction of sp³-hybridized carbons (Fsp3) is 0.909. The second-order valence-electron chi connectivity index (χ2n) is 4.34. The van der Waals surface area contributed by atoms with Gasteiger partial charge in [0.15, 0.2) is 0 Å². The molecule has 0 radical (unpaired) electrons. The molecule has 0 heterocycles. The van der Waals surface area contributed by atoms with Crippen molar-refractivity contribution in [2.45, 2.75) is 58.0 Å². The van der Waals surface area contributed by atoms with E-state index in [-0.39, 0.29) is 6.04 Å². The zero-order valence-electron chi connectivity index (χ0n) is 9.05. The van der Waals surface area contributed by atoms with Crippen LogP contribution in [0.4, 0.5) is 0 Å². The fourth-order valence-corrected chi connectivity index (χ4v) is 1.93. The fourth-order valence-electron chi connectivity index (χ4n) is 1.93. The Morgan fingerprint density at radius 3 is 2.62 bits per heavy atom.